The van der Waals surface area contributed by atoms with Crippen molar-refractivity contribution in [3.8, 4) is 17.6 Å². The van der Waals surface area contributed by atoms with Crippen molar-refractivity contribution in [2.45, 2.75) is 34.2 Å². The Morgan fingerprint density at radius 3 is 1.98 bits per heavy atom. The lowest BCUT2D eigenvalue weighted by molar-refractivity contribution is -0.240. The summed E-state index contributed by atoms with van der Waals surface area (Å²) in [6.07, 6.45) is -11.4. The molecule has 0 aliphatic carbocycles. The van der Waals surface area contributed by atoms with Crippen molar-refractivity contribution < 1.29 is 53.4 Å². The maximum atomic E-state index is 14.4. The Bertz CT molecular complexity index is 1690. The maximum Gasteiger partial charge on any atom is 0.433 e. The van der Waals surface area contributed by atoms with Gasteiger partial charge in [-0.3, -0.25) is 4.31 Å². The summed E-state index contributed by atoms with van der Waals surface area (Å²) in [5, 5.41) is 20.6. The van der Waals surface area contributed by atoms with E-state index in [1.165, 1.54) is 0 Å². The fourth-order valence-electron chi connectivity index (χ4n) is 3.61. The number of hydrogen-bond donors (Lipinski definition) is 2. The van der Waals surface area contributed by atoms with Gasteiger partial charge in [0.1, 0.15) is 5.75 Å². The second-order valence-corrected chi connectivity index (χ2v) is 12.6. The number of rotatable bonds is 7. The first-order valence-corrected chi connectivity index (χ1v) is 14.7. The molecule has 1 atom stereocenters. The molecule has 1 unspecified atom stereocenters. The molecule has 15 heteroatoms. The van der Waals surface area contributed by atoms with Gasteiger partial charge >= 0.3 is 12.4 Å². The van der Waals surface area contributed by atoms with Gasteiger partial charge in [-0.25, -0.2) is 16.8 Å². The average molecular weight is 622 g/mol. The third-order valence-corrected chi connectivity index (χ3v) is 8.58. The highest BCUT2D eigenvalue weighted by Crippen LogP contribution is 2.44. The molecule has 0 aliphatic rings. The van der Waals surface area contributed by atoms with Crippen LogP contribution in [-0.2, 0) is 25.5 Å². The monoisotopic (exact) mass is 621 g/mol. The van der Waals surface area contributed by atoms with Crippen LogP contribution < -0.4 is 4.31 Å². The van der Waals surface area contributed by atoms with Crippen LogP contribution in [0.5, 0.6) is 5.75 Å². The molecule has 0 radical (unpaired) electrons. The van der Waals surface area contributed by atoms with E-state index in [9.17, 15) is 53.4 Å². The van der Waals surface area contributed by atoms with Crippen molar-refractivity contribution in [1.29, 1.82) is 0 Å². The van der Waals surface area contributed by atoms with Crippen LogP contribution in [-0.4, -0.2) is 52.2 Å². The predicted octanol–water partition coefficient (Wildman–Crippen LogP) is 4.75. The number of sulfonamides is 1. The van der Waals surface area contributed by atoms with Crippen LogP contribution in [0.15, 0.2) is 82.6 Å². The first kappa shape index (κ1) is 31.8. The highest BCUT2D eigenvalue weighted by molar-refractivity contribution is 7.92. The number of anilines is 1. The quantitative estimate of drug-likeness (QED) is 0.291. The third kappa shape index (κ3) is 7.32. The Hall–Kier alpha value is -3.74. The molecule has 41 heavy (non-hydrogen) atoms. The second-order valence-electron chi connectivity index (χ2n) is 8.71. The molecule has 0 bridgehead atoms. The van der Waals surface area contributed by atoms with Crippen molar-refractivity contribution in [2.24, 2.45) is 0 Å². The van der Waals surface area contributed by atoms with Gasteiger partial charge in [0.05, 0.1) is 21.9 Å². The number of aliphatic hydroxyl groups is 1. The Morgan fingerprint density at radius 1 is 0.829 bits per heavy atom. The van der Waals surface area contributed by atoms with Crippen molar-refractivity contribution >= 4 is 25.5 Å². The molecule has 0 amide bonds. The number of aromatic hydroxyl groups is 1. The largest absolute Gasteiger partial charge is 0.508 e. The highest BCUT2D eigenvalue weighted by Gasteiger charge is 2.56. The van der Waals surface area contributed by atoms with E-state index < -0.39 is 72.7 Å². The first-order chi connectivity index (χ1) is 18.8. The molecule has 0 saturated carbocycles. The maximum absolute atomic E-state index is 14.4. The Kier molecular flexibility index (Phi) is 8.73. The average Bonchev–Trinajstić information content (AvgIpc) is 2.86. The molecule has 3 aromatic rings. The SMILES string of the molecule is CS(=O)(=O)c1ccc(C#CC(O)(c2ccccc2N(CCC(F)(F)F)S(=O)(=O)c2cccc(O)c2)C(F)(F)F)cc1. The highest BCUT2D eigenvalue weighted by atomic mass is 32.2. The summed E-state index contributed by atoms with van der Waals surface area (Å²) in [4.78, 5) is -0.876. The molecular weight excluding hydrogens is 600 g/mol. The number of phenols is 1. The lowest BCUT2D eigenvalue weighted by Gasteiger charge is -2.32. The minimum Gasteiger partial charge on any atom is -0.508 e. The van der Waals surface area contributed by atoms with Crippen LogP contribution in [0.25, 0.3) is 0 Å². The molecule has 0 aromatic heterocycles. The zero-order chi connectivity index (χ0) is 30.9. The fraction of sp³-hybridized carbons (Fsp3) is 0.231. The molecule has 0 aliphatic heterocycles. The topological polar surface area (TPSA) is 112 Å². The molecule has 2 N–H and O–H groups in total. The standard InChI is InChI=1S/C26H21F6NO6S2/c1-40(36,37)20-11-9-18(10-12-20)13-14-24(35,26(30,31)32)22-7-2-3-8-23(22)33(16-15-25(27,28)29)41(38,39)21-6-4-5-19(34)17-21/h2-12,17,34-35H,15-16H2,1H3. The predicted molar refractivity (Wildman–Crippen MR) is 136 cm³/mol. The summed E-state index contributed by atoms with van der Waals surface area (Å²) in [6.45, 7) is -1.37. The molecule has 0 heterocycles. The molecule has 220 valence electrons. The van der Waals surface area contributed by atoms with Gasteiger partial charge in [0.25, 0.3) is 15.6 Å². The Morgan fingerprint density at radius 2 is 1.44 bits per heavy atom. The van der Waals surface area contributed by atoms with Crippen molar-refractivity contribution in [3.05, 3.63) is 83.9 Å². The summed E-state index contributed by atoms with van der Waals surface area (Å²) in [5.41, 5.74) is -6.37. The van der Waals surface area contributed by atoms with Crippen LogP contribution in [0.1, 0.15) is 17.5 Å². The minimum atomic E-state index is -5.59. The van der Waals surface area contributed by atoms with E-state index in [0.29, 0.717) is 12.1 Å². The van der Waals surface area contributed by atoms with E-state index >= 15 is 0 Å². The minimum absolute atomic E-state index is 0.0594. The smallest absolute Gasteiger partial charge is 0.433 e. The summed E-state index contributed by atoms with van der Waals surface area (Å²) in [7, 11) is -8.66. The fourth-order valence-corrected chi connectivity index (χ4v) is 5.76. The van der Waals surface area contributed by atoms with Crippen molar-refractivity contribution in [2.75, 3.05) is 17.1 Å². The number of alkyl halides is 6. The van der Waals surface area contributed by atoms with Crippen LogP contribution in [0.3, 0.4) is 0 Å². The van der Waals surface area contributed by atoms with Crippen LogP contribution in [0.2, 0.25) is 0 Å². The van der Waals surface area contributed by atoms with Crippen LogP contribution in [0.4, 0.5) is 32.0 Å². The van der Waals surface area contributed by atoms with Gasteiger partial charge < -0.3 is 10.2 Å². The Balaban J connectivity index is 2.24. The number of sulfone groups is 1. The molecule has 3 aromatic carbocycles. The lowest BCUT2D eigenvalue weighted by atomic mass is 9.91. The molecule has 0 spiro atoms. The van der Waals surface area contributed by atoms with E-state index in [2.05, 4.69) is 5.92 Å². The number of benzene rings is 3. The summed E-state index contributed by atoms with van der Waals surface area (Å²) in [5.74, 6) is 3.14. The van der Waals surface area contributed by atoms with Crippen molar-refractivity contribution in [3.63, 3.8) is 0 Å². The molecule has 0 saturated heterocycles. The second kappa shape index (κ2) is 11.3. The van der Waals surface area contributed by atoms with Gasteiger partial charge in [-0.2, -0.15) is 26.3 Å². The van der Waals surface area contributed by atoms with Crippen molar-refractivity contribution in [1.82, 2.24) is 0 Å². The molecular formula is C26H21F6NO6S2. The van der Waals surface area contributed by atoms with Gasteiger partial charge in [0.15, 0.2) is 9.84 Å². The van der Waals surface area contributed by atoms with Gasteiger partial charge in [0, 0.05) is 30.0 Å². The first-order valence-electron chi connectivity index (χ1n) is 11.4. The van der Waals surface area contributed by atoms with E-state index in [0.717, 1.165) is 66.9 Å². The van der Waals surface area contributed by atoms with Crippen LogP contribution >= 0.6 is 0 Å². The number of hydrogen-bond acceptors (Lipinski definition) is 6. The summed E-state index contributed by atoms with van der Waals surface area (Å²) in [6, 6.07) is 11.6. The zero-order valence-electron chi connectivity index (χ0n) is 20.9. The number of halogens is 6. The number of para-hydroxylation sites is 1. The molecule has 3 rings (SSSR count). The normalized spacial score (nSPS) is 14.0. The molecule has 0 fully saturated rings. The number of nitrogens with zero attached hydrogens (tertiary/aromatic N) is 1. The Labute approximate surface area is 231 Å². The third-order valence-electron chi connectivity index (χ3n) is 5.65. The van der Waals surface area contributed by atoms with Gasteiger partial charge in [-0.05, 0) is 48.4 Å². The van der Waals surface area contributed by atoms with E-state index in [4.69, 9.17) is 0 Å². The molecule has 7 nitrogen and oxygen atoms in total. The van der Waals surface area contributed by atoms with Gasteiger partial charge in [-0.1, -0.05) is 30.2 Å². The van der Waals surface area contributed by atoms with Gasteiger partial charge in [0.2, 0.25) is 0 Å². The summed E-state index contributed by atoms with van der Waals surface area (Å²) < 4.78 is 133. The zero-order valence-corrected chi connectivity index (χ0v) is 22.5. The summed E-state index contributed by atoms with van der Waals surface area (Å²) >= 11 is 0. The number of phenolic OH excluding ortho intramolecular Hbond substituents is 1. The van der Waals surface area contributed by atoms with Crippen LogP contribution in [0, 0.1) is 11.8 Å². The lowest BCUT2D eigenvalue weighted by Crippen LogP contribution is -2.43. The van der Waals surface area contributed by atoms with Gasteiger partial charge in [-0.15, -0.1) is 0 Å². The van der Waals surface area contributed by atoms with E-state index in [1.807, 2.05) is 0 Å². The van der Waals surface area contributed by atoms with E-state index in [1.54, 1.807) is 5.92 Å². The van der Waals surface area contributed by atoms with E-state index in [-0.39, 0.29) is 14.8 Å².